The van der Waals surface area contributed by atoms with E-state index in [0.29, 0.717) is 12.1 Å². The molecule has 0 unspecified atom stereocenters. The first-order chi connectivity index (χ1) is 7.00. The Morgan fingerprint density at radius 3 is 2.67 bits per heavy atom. The molecule has 15 heavy (non-hydrogen) atoms. The van der Waals surface area contributed by atoms with Crippen LogP contribution in [0.5, 0.6) is 0 Å². The lowest BCUT2D eigenvalue weighted by molar-refractivity contribution is 0.212. The molecule has 3 nitrogen and oxygen atoms in total. The Balaban J connectivity index is 2.56. The Hall–Kier alpha value is -1.58. The lowest BCUT2D eigenvalue weighted by Gasteiger charge is -2.32. The number of fused-ring (bicyclic) bond motifs is 1. The maximum absolute atomic E-state index is 13.3. The molecule has 0 saturated carbocycles. The number of urea groups is 1. The van der Waals surface area contributed by atoms with Crippen molar-refractivity contribution >= 4 is 11.7 Å². The van der Waals surface area contributed by atoms with Crippen LogP contribution >= 0.6 is 0 Å². The average molecular weight is 208 g/mol. The second-order valence-electron chi connectivity index (χ2n) is 3.93. The van der Waals surface area contributed by atoms with Gasteiger partial charge < -0.3 is 4.90 Å². The first-order valence-electron chi connectivity index (χ1n) is 4.78. The Labute approximate surface area is 88.1 Å². The van der Waals surface area contributed by atoms with Crippen molar-refractivity contribution < 1.29 is 9.18 Å². The van der Waals surface area contributed by atoms with Gasteiger partial charge in [0.05, 0.1) is 5.69 Å². The van der Waals surface area contributed by atoms with E-state index >= 15 is 0 Å². The fourth-order valence-corrected chi connectivity index (χ4v) is 1.83. The van der Waals surface area contributed by atoms with E-state index in [1.807, 2.05) is 0 Å². The van der Waals surface area contributed by atoms with E-state index in [0.717, 1.165) is 11.3 Å². The lowest BCUT2D eigenvalue weighted by atomic mass is 10.1. The quantitative estimate of drug-likeness (QED) is 0.640. The van der Waals surface area contributed by atoms with E-state index in [9.17, 15) is 9.18 Å². The highest BCUT2D eigenvalue weighted by Gasteiger charge is 2.25. The van der Waals surface area contributed by atoms with Crippen LogP contribution in [0.15, 0.2) is 12.1 Å². The first kappa shape index (κ1) is 9.96. The molecule has 2 rings (SSSR count). The predicted octanol–water partition coefficient (Wildman–Crippen LogP) is 2.14. The third-order valence-electron chi connectivity index (χ3n) is 2.74. The molecule has 0 spiro atoms. The summed E-state index contributed by atoms with van der Waals surface area (Å²) in [6.45, 7) is 2.17. The van der Waals surface area contributed by atoms with Gasteiger partial charge >= 0.3 is 6.03 Å². The third-order valence-corrected chi connectivity index (χ3v) is 2.74. The Morgan fingerprint density at radius 1 is 1.33 bits per heavy atom. The first-order valence-corrected chi connectivity index (χ1v) is 4.78. The zero-order valence-corrected chi connectivity index (χ0v) is 9.04. The van der Waals surface area contributed by atoms with Gasteiger partial charge in [0.15, 0.2) is 0 Å². The number of halogens is 1. The zero-order chi connectivity index (χ0) is 11.2. The van der Waals surface area contributed by atoms with Crippen molar-refractivity contribution in [1.29, 1.82) is 0 Å². The van der Waals surface area contributed by atoms with Gasteiger partial charge in [-0.3, -0.25) is 4.90 Å². The summed E-state index contributed by atoms with van der Waals surface area (Å²) in [6.07, 6.45) is 0. The molecular formula is C11H13FN2O. The monoisotopic (exact) mass is 208 g/mol. The third kappa shape index (κ3) is 1.46. The molecular weight excluding hydrogens is 195 g/mol. The highest BCUT2D eigenvalue weighted by molar-refractivity contribution is 5.94. The number of nitrogens with zero attached hydrogens (tertiary/aromatic N) is 2. The summed E-state index contributed by atoms with van der Waals surface area (Å²) in [5.41, 5.74) is 2.22. The molecule has 0 atom stereocenters. The van der Waals surface area contributed by atoms with E-state index in [1.54, 1.807) is 36.9 Å². The summed E-state index contributed by atoms with van der Waals surface area (Å²) < 4.78 is 13.3. The highest BCUT2D eigenvalue weighted by atomic mass is 19.1. The van der Waals surface area contributed by atoms with Crippen LogP contribution in [0.25, 0.3) is 0 Å². The minimum absolute atomic E-state index is 0.0616. The van der Waals surface area contributed by atoms with Gasteiger partial charge in [-0.05, 0) is 30.2 Å². The number of rotatable bonds is 0. The van der Waals surface area contributed by atoms with Gasteiger partial charge in [0, 0.05) is 20.6 Å². The molecule has 1 aliphatic rings. The van der Waals surface area contributed by atoms with E-state index < -0.39 is 0 Å². The van der Waals surface area contributed by atoms with Gasteiger partial charge in [-0.2, -0.15) is 0 Å². The molecule has 0 aliphatic carbocycles. The molecule has 0 radical (unpaired) electrons. The number of hydrogen-bond donors (Lipinski definition) is 0. The van der Waals surface area contributed by atoms with Gasteiger partial charge in [-0.25, -0.2) is 9.18 Å². The molecule has 0 saturated heterocycles. The zero-order valence-electron chi connectivity index (χ0n) is 9.04. The summed E-state index contributed by atoms with van der Waals surface area (Å²) in [7, 11) is 3.41. The van der Waals surface area contributed by atoms with Crippen molar-refractivity contribution in [1.82, 2.24) is 4.90 Å². The number of benzene rings is 1. The number of anilines is 1. The fraction of sp³-hybridized carbons (Fsp3) is 0.364. The topological polar surface area (TPSA) is 23.6 Å². The predicted molar refractivity (Wildman–Crippen MR) is 56.4 cm³/mol. The highest BCUT2D eigenvalue weighted by Crippen LogP contribution is 2.29. The summed E-state index contributed by atoms with van der Waals surface area (Å²) in [5, 5.41) is 0. The maximum Gasteiger partial charge on any atom is 0.324 e. The molecule has 1 aliphatic heterocycles. The minimum Gasteiger partial charge on any atom is -0.323 e. The summed E-state index contributed by atoms with van der Waals surface area (Å²) in [6, 6.07) is 3.16. The summed E-state index contributed by atoms with van der Waals surface area (Å²) in [5.74, 6) is -0.218. The van der Waals surface area contributed by atoms with Crippen molar-refractivity contribution in [3.63, 3.8) is 0 Å². The van der Waals surface area contributed by atoms with E-state index in [-0.39, 0.29) is 11.8 Å². The van der Waals surface area contributed by atoms with Crippen LogP contribution in [0.1, 0.15) is 11.1 Å². The number of aryl methyl sites for hydroxylation is 1. The molecule has 0 aromatic heterocycles. The van der Waals surface area contributed by atoms with Crippen molar-refractivity contribution in [2.24, 2.45) is 0 Å². The number of amides is 2. The summed E-state index contributed by atoms with van der Waals surface area (Å²) in [4.78, 5) is 14.8. The molecule has 1 aromatic rings. The SMILES string of the molecule is Cc1cc2c(cc1F)CN(C)C(=O)N2C. The van der Waals surface area contributed by atoms with Gasteiger partial charge in [-0.1, -0.05) is 0 Å². The Morgan fingerprint density at radius 2 is 2.00 bits per heavy atom. The van der Waals surface area contributed by atoms with Crippen LogP contribution in [0, 0.1) is 12.7 Å². The molecule has 0 bridgehead atoms. The van der Waals surface area contributed by atoms with E-state index in [4.69, 9.17) is 0 Å². The second kappa shape index (κ2) is 3.22. The van der Waals surface area contributed by atoms with Crippen LogP contribution in [0.3, 0.4) is 0 Å². The molecule has 80 valence electrons. The minimum atomic E-state index is -0.218. The molecule has 2 amide bonds. The maximum atomic E-state index is 13.3. The average Bonchev–Trinajstić information content (AvgIpc) is 2.19. The number of hydrogen-bond acceptors (Lipinski definition) is 1. The second-order valence-corrected chi connectivity index (χ2v) is 3.93. The molecule has 0 fully saturated rings. The van der Waals surface area contributed by atoms with Crippen LogP contribution < -0.4 is 4.90 Å². The van der Waals surface area contributed by atoms with E-state index in [2.05, 4.69) is 0 Å². The smallest absolute Gasteiger partial charge is 0.323 e. The molecule has 1 heterocycles. The van der Waals surface area contributed by atoms with Gasteiger partial charge in [-0.15, -0.1) is 0 Å². The Bertz CT molecular complexity index is 431. The van der Waals surface area contributed by atoms with Crippen LogP contribution in [0.4, 0.5) is 14.9 Å². The van der Waals surface area contributed by atoms with Crippen molar-refractivity contribution in [3.05, 3.63) is 29.1 Å². The summed E-state index contributed by atoms with van der Waals surface area (Å²) >= 11 is 0. The molecule has 0 N–H and O–H groups in total. The standard InChI is InChI=1S/C11H13FN2O/c1-7-4-10-8(5-9(7)12)6-13(2)11(15)14(10)3/h4-5H,6H2,1-3H3. The van der Waals surface area contributed by atoms with Gasteiger partial charge in [0.25, 0.3) is 0 Å². The van der Waals surface area contributed by atoms with Gasteiger partial charge in [0.2, 0.25) is 0 Å². The van der Waals surface area contributed by atoms with Crippen LogP contribution in [-0.4, -0.2) is 25.0 Å². The normalized spacial score (nSPS) is 15.6. The van der Waals surface area contributed by atoms with E-state index in [1.165, 1.54) is 6.07 Å². The fourth-order valence-electron chi connectivity index (χ4n) is 1.83. The van der Waals surface area contributed by atoms with Crippen LogP contribution in [0.2, 0.25) is 0 Å². The largest absolute Gasteiger partial charge is 0.324 e. The van der Waals surface area contributed by atoms with Crippen molar-refractivity contribution in [2.75, 3.05) is 19.0 Å². The molecule has 4 heteroatoms. The van der Waals surface area contributed by atoms with Crippen molar-refractivity contribution in [2.45, 2.75) is 13.5 Å². The van der Waals surface area contributed by atoms with Crippen LogP contribution in [-0.2, 0) is 6.54 Å². The molecule has 1 aromatic carbocycles. The lowest BCUT2D eigenvalue weighted by Crippen LogP contribution is -2.42. The van der Waals surface area contributed by atoms with Crippen molar-refractivity contribution in [3.8, 4) is 0 Å². The number of carbonyl (C=O) groups excluding carboxylic acids is 1. The number of carbonyl (C=O) groups is 1. The van der Waals surface area contributed by atoms with Gasteiger partial charge in [0.1, 0.15) is 5.82 Å². The Kier molecular flexibility index (Phi) is 2.14.